The van der Waals surface area contributed by atoms with Crippen molar-refractivity contribution >= 4 is 33.0 Å². The first-order valence-electron chi connectivity index (χ1n) is 5.70. The van der Waals surface area contributed by atoms with Gasteiger partial charge in [-0.25, -0.2) is 4.39 Å². The number of rotatable bonds is 3. The van der Waals surface area contributed by atoms with Crippen LogP contribution in [-0.4, -0.2) is 14.1 Å². The molecule has 3 nitrogen and oxygen atoms in total. The Kier molecular flexibility index (Phi) is 4.27. The predicted octanol–water partition coefficient (Wildman–Crippen LogP) is 5.07. The smallest absolute Gasteiger partial charge is 0.139 e. The van der Waals surface area contributed by atoms with E-state index in [2.05, 4.69) is 26.2 Å². The molecule has 0 unspecified atom stereocenters. The molecule has 0 heterocycles. The summed E-state index contributed by atoms with van der Waals surface area (Å²) in [7, 11) is 3.95. The number of halogens is 2. The molecule has 0 aliphatic rings. The molecule has 0 radical (unpaired) electrons. The van der Waals surface area contributed by atoms with Crippen molar-refractivity contribution in [1.29, 1.82) is 0 Å². The minimum atomic E-state index is -0.348. The Morgan fingerprint density at radius 2 is 1.53 bits per heavy atom. The van der Waals surface area contributed by atoms with Gasteiger partial charge in [-0.15, -0.1) is 0 Å². The van der Waals surface area contributed by atoms with E-state index in [9.17, 15) is 4.39 Å². The molecule has 98 valence electrons. The van der Waals surface area contributed by atoms with Crippen LogP contribution in [-0.2, 0) is 0 Å². The number of azo groups is 1. The number of benzene rings is 2. The molecule has 0 saturated carbocycles. The Balaban J connectivity index is 2.15. The lowest BCUT2D eigenvalue weighted by Gasteiger charge is -2.11. The van der Waals surface area contributed by atoms with Crippen molar-refractivity contribution in [3.63, 3.8) is 0 Å². The summed E-state index contributed by atoms with van der Waals surface area (Å²) in [5, 5.41) is 8.08. The minimum Gasteiger partial charge on any atom is -0.378 e. The van der Waals surface area contributed by atoms with Gasteiger partial charge in [-0.05, 0) is 52.3 Å². The first-order valence-corrected chi connectivity index (χ1v) is 6.50. The van der Waals surface area contributed by atoms with Crippen LogP contribution in [0.3, 0.4) is 0 Å². The summed E-state index contributed by atoms with van der Waals surface area (Å²) in [4.78, 5) is 2.00. The second-order valence-electron chi connectivity index (χ2n) is 4.21. The highest BCUT2D eigenvalue weighted by Crippen LogP contribution is 2.24. The maximum absolute atomic E-state index is 13.3. The molecule has 0 N–H and O–H groups in total. The van der Waals surface area contributed by atoms with Crippen LogP contribution in [0.1, 0.15) is 0 Å². The fourth-order valence-corrected chi connectivity index (χ4v) is 1.73. The Morgan fingerprint density at radius 3 is 2.11 bits per heavy atom. The van der Waals surface area contributed by atoms with E-state index in [4.69, 9.17) is 0 Å². The van der Waals surface area contributed by atoms with Crippen LogP contribution in [0.15, 0.2) is 57.2 Å². The SMILES string of the molecule is CN(C)c1ccc(N=Nc2ccc(Br)c(F)c2)cc1. The van der Waals surface area contributed by atoms with E-state index in [1.54, 1.807) is 12.1 Å². The summed E-state index contributed by atoms with van der Waals surface area (Å²) in [5.74, 6) is -0.348. The lowest BCUT2D eigenvalue weighted by atomic mass is 10.3. The molecule has 0 spiro atoms. The van der Waals surface area contributed by atoms with E-state index in [1.165, 1.54) is 6.07 Å². The Hall–Kier alpha value is -1.75. The molecule has 0 saturated heterocycles. The van der Waals surface area contributed by atoms with E-state index in [0.717, 1.165) is 11.4 Å². The molecule has 0 bridgehead atoms. The molecule has 19 heavy (non-hydrogen) atoms. The monoisotopic (exact) mass is 321 g/mol. The summed E-state index contributed by atoms with van der Waals surface area (Å²) in [6.45, 7) is 0. The van der Waals surface area contributed by atoms with Gasteiger partial charge in [0.05, 0.1) is 15.8 Å². The molecule has 0 amide bonds. The standard InChI is InChI=1S/C14H13BrFN3/c1-19(2)12-6-3-10(4-7-12)17-18-11-5-8-13(15)14(16)9-11/h3-9H,1-2H3. The highest BCUT2D eigenvalue weighted by molar-refractivity contribution is 9.10. The minimum absolute atomic E-state index is 0.348. The number of nitrogens with zero attached hydrogens (tertiary/aromatic N) is 3. The van der Waals surface area contributed by atoms with E-state index >= 15 is 0 Å². The maximum Gasteiger partial charge on any atom is 0.139 e. The summed E-state index contributed by atoms with van der Waals surface area (Å²) in [5.41, 5.74) is 2.31. The van der Waals surface area contributed by atoms with E-state index in [0.29, 0.717) is 10.2 Å². The molecule has 2 aromatic carbocycles. The van der Waals surface area contributed by atoms with Gasteiger partial charge in [-0.2, -0.15) is 10.2 Å². The molecular weight excluding hydrogens is 309 g/mol. The van der Waals surface area contributed by atoms with Crippen molar-refractivity contribution in [2.75, 3.05) is 19.0 Å². The highest BCUT2D eigenvalue weighted by atomic mass is 79.9. The molecule has 0 fully saturated rings. The summed E-state index contributed by atoms with van der Waals surface area (Å²) >= 11 is 3.09. The number of hydrogen-bond acceptors (Lipinski definition) is 3. The predicted molar refractivity (Wildman–Crippen MR) is 79.0 cm³/mol. The molecule has 0 atom stereocenters. The third-order valence-electron chi connectivity index (χ3n) is 2.55. The van der Waals surface area contributed by atoms with Crippen molar-refractivity contribution in [2.45, 2.75) is 0 Å². The topological polar surface area (TPSA) is 28.0 Å². The number of hydrogen-bond donors (Lipinski definition) is 0. The Bertz CT molecular complexity index is 594. The van der Waals surface area contributed by atoms with Crippen molar-refractivity contribution in [3.05, 3.63) is 52.8 Å². The largest absolute Gasteiger partial charge is 0.378 e. The van der Waals surface area contributed by atoms with Crippen molar-refractivity contribution in [1.82, 2.24) is 0 Å². The third kappa shape index (κ3) is 3.61. The van der Waals surface area contributed by atoms with Crippen LogP contribution in [0.25, 0.3) is 0 Å². The number of anilines is 1. The first-order chi connectivity index (χ1) is 9.06. The second kappa shape index (κ2) is 5.93. The van der Waals surface area contributed by atoms with Gasteiger partial charge in [-0.1, -0.05) is 0 Å². The van der Waals surface area contributed by atoms with Crippen LogP contribution in [0, 0.1) is 5.82 Å². The molecule has 2 aromatic rings. The van der Waals surface area contributed by atoms with E-state index < -0.39 is 0 Å². The van der Waals surface area contributed by atoms with Gasteiger partial charge in [0.15, 0.2) is 0 Å². The normalized spacial score (nSPS) is 10.9. The quantitative estimate of drug-likeness (QED) is 0.725. The third-order valence-corrected chi connectivity index (χ3v) is 3.19. The fraction of sp³-hybridized carbons (Fsp3) is 0.143. The maximum atomic E-state index is 13.3. The Labute approximate surface area is 119 Å². The van der Waals surface area contributed by atoms with Gasteiger partial charge < -0.3 is 4.90 Å². The van der Waals surface area contributed by atoms with Crippen molar-refractivity contribution < 1.29 is 4.39 Å². The average Bonchev–Trinajstić information content (AvgIpc) is 2.40. The zero-order valence-electron chi connectivity index (χ0n) is 10.6. The van der Waals surface area contributed by atoms with E-state index in [-0.39, 0.29) is 5.82 Å². The van der Waals surface area contributed by atoms with Gasteiger partial charge in [0.2, 0.25) is 0 Å². The van der Waals surface area contributed by atoms with Gasteiger partial charge in [-0.3, -0.25) is 0 Å². The lowest BCUT2D eigenvalue weighted by molar-refractivity contribution is 0.621. The average molecular weight is 322 g/mol. The fourth-order valence-electron chi connectivity index (χ4n) is 1.48. The van der Waals surface area contributed by atoms with Crippen LogP contribution in [0.5, 0.6) is 0 Å². The summed E-state index contributed by atoms with van der Waals surface area (Å²) < 4.78 is 13.7. The van der Waals surface area contributed by atoms with Crippen molar-refractivity contribution in [3.8, 4) is 0 Å². The zero-order chi connectivity index (χ0) is 13.8. The van der Waals surface area contributed by atoms with Crippen LogP contribution >= 0.6 is 15.9 Å². The second-order valence-corrected chi connectivity index (χ2v) is 5.06. The Morgan fingerprint density at radius 1 is 0.947 bits per heavy atom. The molecule has 2 rings (SSSR count). The van der Waals surface area contributed by atoms with Crippen LogP contribution < -0.4 is 4.90 Å². The summed E-state index contributed by atoms with van der Waals surface area (Å²) in [6.07, 6.45) is 0. The van der Waals surface area contributed by atoms with Crippen molar-refractivity contribution in [2.24, 2.45) is 10.2 Å². The first kappa shape index (κ1) is 13.7. The highest BCUT2D eigenvalue weighted by Gasteiger charge is 1.99. The van der Waals surface area contributed by atoms with Crippen LogP contribution in [0.4, 0.5) is 21.5 Å². The van der Waals surface area contributed by atoms with Crippen LogP contribution in [0.2, 0.25) is 0 Å². The molecule has 0 aromatic heterocycles. The molecule has 5 heteroatoms. The van der Waals surface area contributed by atoms with Gasteiger partial charge in [0, 0.05) is 25.8 Å². The van der Waals surface area contributed by atoms with Gasteiger partial charge >= 0.3 is 0 Å². The van der Waals surface area contributed by atoms with Gasteiger partial charge in [0.25, 0.3) is 0 Å². The molecule has 0 aliphatic carbocycles. The molecular formula is C14H13BrFN3. The van der Waals surface area contributed by atoms with Gasteiger partial charge in [0.1, 0.15) is 5.82 Å². The zero-order valence-corrected chi connectivity index (χ0v) is 12.2. The van der Waals surface area contributed by atoms with E-state index in [1.807, 2.05) is 43.3 Å². The lowest BCUT2D eigenvalue weighted by Crippen LogP contribution is -2.07. The summed E-state index contributed by atoms with van der Waals surface area (Å²) in [6, 6.07) is 12.3. The molecule has 0 aliphatic heterocycles.